The van der Waals surface area contributed by atoms with Crippen molar-refractivity contribution in [2.24, 2.45) is 11.3 Å². The summed E-state index contributed by atoms with van der Waals surface area (Å²) in [5, 5.41) is 32.7. The van der Waals surface area contributed by atoms with Crippen LogP contribution in [0.4, 0.5) is 0 Å². The van der Waals surface area contributed by atoms with Gasteiger partial charge in [-0.15, -0.1) is 0 Å². The summed E-state index contributed by atoms with van der Waals surface area (Å²) in [7, 11) is 0. The van der Waals surface area contributed by atoms with Crippen LogP contribution in [0, 0.1) is 11.3 Å². The van der Waals surface area contributed by atoms with Crippen molar-refractivity contribution in [3.05, 3.63) is 41.5 Å². The molecule has 1 aromatic carbocycles. The number of aromatic hydroxyl groups is 1. The topological polar surface area (TPSA) is 87.0 Å². The molecule has 1 aliphatic carbocycles. The first-order chi connectivity index (χ1) is 15.7. The highest BCUT2D eigenvalue weighted by Crippen LogP contribution is 2.52. The molecule has 0 spiro atoms. The normalized spacial score (nSPS) is 37.5. The van der Waals surface area contributed by atoms with Crippen LogP contribution in [-0.2, 0) is 11.2 Å². The van der Waals surface area contributed by atoms with Gasteiger partial charge in [0, 0.05) is 9.65 Å². The van der Waals surface area contributed by atoms with Crippen LogP contribution in [0.1, 0.15) is 82.1 Å². The van der Waals surface area contributed by atoms with Crippen LogP contribution in [0.5, 0.6) is 5.75 Å². The number of benzene rings is 1. The Kier molecular flexibility index (Phi) is 8.33. The Labute approximate surface area is 220 Å². The van der Waals surface area contributed by atoms with Crippen LogP contribution < -0.4 is 0 Å². The Balaban J connectivity index is 2.05. The molecule has 1 aromatic rings. The van der Waals surface area contributed by atoms with Crippen molar-refractivity contribution in [1.29, 1.82) is 0 Å². The Hall–Kier alpha value is -0.890. The zero-order valence-corrected chi connectivity index (χ0v) is 23.8. The van der Waals surface area contributed by atoms with E-state index in [-0.39, 0.29) is 33.2 Å². The molecule has 34 heavy (non-hydrogen) atoms. The van der Waals surface area contributed by atoms with E-state index >= 15 is 0 Å². The highest BCUT2D eigenvalue weighted by Gasteiger charge is 2.46. The average molecular weight is 602 g/mol. The monoisotopic (exact) mass is 600 g/mol. The van der Waals surface area contributed by atoms with Gasteiger partial charge in [0.1, 0.15) is 11.4 Å². The molecule has 5 nitrogen and oxygen atoms in total. The number of phenolic OH excluding ortho intramolecular Hbond substituents is 1. The second-order valence-corrected chi connectivity index (χ2v) is 13.4. The fraction of sp³-hybridized carbons (Fsp3) is 0.667. The molecule has 3 rings (SSSR count). The van der Waals surface area contributed by atoms with Crippen molar-refractivity contribution in [2.75, 3.05) is 0 Å². The van der Waals surface area contributed by atoms with Gasteiger partial charge in [-0.05, 0) is 101 Å². The zero-order valence-electron chi connectivity index (χ0n) is 20.6. The van der Waals surface area contributed by atoms with Crippen molar-refractivity contribution in [1.82, 2.24) is 0 Å². The summed E-state index contributed by atoms with van der Waals surface area (Å²) in [6, 6.07) is 4.80. The average Bonchev–Trinajstić information content (AvgIpc) is 2.76. The number of ether oxygens (including phenoxy) is 1. The number of fused-ring (bicyclic) bond motifs is 3. The third-order valence-corrected chi connectivity index (χ3v) is 11.1. The van der Waals surface area contributed by atoms with Crippen LogP contribution in [-0.4, -0.2) is 48.2 Å². The summed E-state index contributed by atoms with van der Waals surface area (Å²) in [5.74, 6) is -0.310. The number of esters is 1. The number of carbonyl (C=O) groups excluding carboxylic acids is 1. The number of cyclic esters (lactones) is 1. The molecule has 2 aliphatic rings. The maximum Gasteiger partial charge on any atom is 0.338 e. The van der Waals surface area contributed by atoms with E-state index in [2.05, 4.69) is 45.4 Å². The molecule has 7 heteroatoms. The smallest absolute Gasteiger partial charge is 0.338 e. The van der Waals surface area contributed by atoms with Crippen molar-refractivity contribution in [3.8, 4) is 5.75 Å². The molecule has 190 valence electrons. The quantitative estimate of drug-likeness (QED) is 0.191. The SMILES string of the molecule is C=C1CC[C@H](Br)[C@@]2(C)CCC(Br)[C@@](C)(O)CCC(O)C(C)(C)OC(=O)c3ccc(O)c(c3)C[C@H]12. The molecular formula is C27H38Br2O5. The van der Waals surface area contributed by atoms with Crippen LogP contribution in [0.2, 0.25) is 0 Å². The Morgan fingerprint density at radius 1 is 1.06 bits per heavy atom. The number of alkyl halides is 2. The highest BCUT2D eigenvalue weighted by atomic mass is 79.9. The molecule has 0 aromatic heterocycles. The maximum atomic E-state index is 13.0. The van der Waals surface area contributed by atoms with E-state index in [4.69, 9.17) is 4.74 Å². The van der Waals surface area contributed by atoms with E-state index in [9.17, 15) is 20.1 Å². The molecule has 1 fully saturated rings. The Morgan fingerprint density at radius 2 is 1.74 bits per heavy atom. The Bertz CT molecular complexity index is 928. The number of rotatable bonds is 0. The van der Waals surface area contributed by atoms with Crippen LogP contribution >= 0.6 is 31.9 Å². The molecule has 1 aliphatic heterocycles. The largest absolute Gasteiger partial charge is 0.508 e. The van der Waals surface area contributed by atoms with Gasteiger partial charge in [-0.3, -0.25) is 0 Å². The van der Waals surface area contributed by atoms with E-state index in [0.29, 0.717) is 24.0 Å². The fourth-order valence-corrected chi connectivity index (χ4v) is 6.59. The molecule has 2 unspecified atom stereocenters. The fourth-order valence-electron chi connectivity index (χ4n) is 5.35. The Morgan fingerprint density at radius 3 is 2.41 bits per heavy atom. The predicted molar refractivity (Wildman–Crippen MR) is 142 cm³/mol. The zero-order chi connectivity index (χ0) is 25.5. The van der Waals surface area contributed by atoms with E-state index in [0.717, 1.165) is 31.3 Å². The minimum absolute atomic E-state index is 0.0959. The van der Waals surface area contributed by atoms with Gasteiger partial charge in [-0.1, -0.05) is 50.9 Å². The van der Waals surface area contributed by atoms with Gasteiger partial charge in [0.25, 0.3) is 0 Å². The second kappa shape index (κ2) is 10.2. The summed E-state index contributed by atoms with van der Waals surface area (Å²) in [5.41, 5.74) is -0.163. The maximum absolute atomic E-state index is 13.0. The standard InChI is InChI=1S/C27H38Br2O5/c1-16-6-9-21(28)26(4)12-10-22(29)27(5,33)13-11-23(31)25(2,3)34-24(32)17-7-8-20(30)18(14-17)15-19(16)26/h7-8,14,19,21-23,30-31,33H,1,6,9-13,15H2,2-5H3/t19-,21+,22?,23?,26+,27+/m1/s1. The summed E-state index contributed by atoms with van der Waals surface area (Å²) >= 11 is 7.66. The lowest BCUT2D eigenvalue weighted by Gasteiger charge is -2.48. The molecule has 0 amide bonds. The van der Waals surface area contributed by atoms with E-state index < -0.39 is 23.3 Å². The summed E-state index contributed by atoms with van der Waals surface area (Å²) < 4.78 is 5.70. The van der Waals surface area contributed by atoms with Crippen LogP contribution in [0.15, 0.2) is 30.4 Å². The van der Waals surface area contributed by atoms with E-state index in [1.165, 1.54) is 0 Å². The van der Waals surface area contributed by atoms with Crippen molar-refractivity contribution in [3.63, 3.8) is 0 Å². The molecule has 0 radical (unpaired) electrons. The van der Waals surface area contributed by atoms with Gasteiger partial charge in [-0.2, -0.15) is 0 Å². The first-order valence-corrected chi connectivity index (χ1v) is 13.9. The lowest BCUT2D eigenvalue weighted by atomic mass is 9.61. The summed E-state index contributed by atoms with van der Waals surface area (Å²) in [4.78, 5) is 13.1. The minimum Gasteiger partial charge on any atom is -0.508 e. The summed E-state index contributed by atoms with van der Waals surface area (Å²) in [6.07, 6.45) is 3.73. The lowest BCUT2D eigenvalue weighted by Crippen LogP contribution is -2.45. The number of phenols is 1. The molecule has 1 saturated carbocycles. The van der Waals surface area contributed by atoms with Gasteiger partial charge in [0.05, 0.1) is 17.3 Å². The number of aliphatic hydroxyl groups is 2. The molecule has 1 heterocycles. The number of allylic oxidation sites excluding steroid dienone is 1. The van der Waals surface area contributed by atoms with Crippen molar-refractivity contribution < 1.29 is 24.9 Å². The van der Waals surface area contributed by atoms with Crippen molar-refractivity contribution >= 4 is 37.8 Å². The van der Waals surface area contributed by atoms with Gasteiger partial charge in [-0.25, -0.2) is 4.79 Å². The van der Waals surface area contributed by atoms with E-state index in [1.54, 1.807) is 39.0 Å². The van der Waals surface area contributed by atoms with Crippen LogP contribution in [0.25, 0.3) is 0 Å². The third kappa shape index (κ3) is 5.74. The highest BCUT2D eigenvalue weighted by molar-refractivity contribution is 9.09. The predicted octanol–water partition coefficient (Wildman–Crippen LogP) is 6.06. The lowest BCUT2D eigenvalue weighted by molar-refractivity contribution is -0.0790. The number of carbonyl (C=O) groups is 1. The third-order valence-electron chi connectivity index (χ3n) is 8.16. The van der Waals surface area contributed by atoms with Gasteiger partial charge < -0.3 is 20.1 Å². The number of aliphatic hydroxyl groups excluding tert-OH is 1. The molecule has 2 bridgehead atoms. The molecule has 3 N–H and O–H groups in total. The van der Waals surface area contributed by atoms with Gasteiger partial charge in [0.15, 0.2) is 0 Å². The van der Waals surface area contributed by atoms with E-state index in [1.807, 2.05) is 0 Å². The molecule has 6 atom stereocenters. The van der Waals surface area contributed by atoms with Gasteiger partial charge in [0.2, 0.25) is 0 Å². The number of hydrogen-bond acceptors (Lipinski definition) is 5. The number of halogens is 2. The summed E-state index contributed by atoms with van der Waals surface area (Å²) in [6.45, 7) is 11.8. The second-order valence-electron chi connectivity index (χ2n) is 11.2. The molecular weight excluding hydrogens is 564 g/mol. The molecule has 0 saturated heterocycles. The first-order valence-electron chi connectivity index (χ1n) is 12.1. The van der Waals surface area contributed by atoms with Crippen molar-refractivity contribution in [2.45, 2.75) is 99.6 Å². The van der Waals surface area contributed by atoms with Gasteiger partial charge >= 0.3 is 5.97 Å². The first kappa shape index (κ1) is 27.7. The van der Waals surface area contributed by atoms with Crippen LogP contribution in [0.3, 0.4) is 0 Å². The minimum atomic E-state index is -1.14. The number of hydrogen-bond donors (Lipinski definition) is 3.